The zero-order valence-electron chi connectivity index (χ0n) is 14.1. The lowest BCUT2D eigenvalue weighted by Crippen LogP contribution is -2.27. The maximum Gasteiger partial charge on any atom is 0.354 e. The minimum atomic E-state index is -1.06. The van der Waals surface area contributed by atoms with Gasteiger partial charge in [-0.2, -0.15) is 5.10 Å². The lowest BCUT2D eigenvalue weighted by molar-refractivity contribution is -0.123. The van der Waals surface area contributed by atoms with Crippen LogP contribution < -0.4 is 5.32 Å². The number of amides is 1. The molecule has 0 saturated carbocycles. The number of thiazole rings is 1. The highest BCUT2D eigenvalue weighted by molar-refractivity contribution is 7.19. The fourth-order valence-electron chi connectivity index (χ4n) is 1.93. The zero-order valence-corrected chi connectivity index (χ0v) is 14.9. The van der Waals surface area contributed by atoms with Crippen LogP contribution in [0.1, 0.15) is 37.0 Å². The van der Waals surface area contributed by atoms with Crippen LogP contribution in [0.2, 0.25) is 0 Å². The van der Waals surface area contributed by atoms with Crippen molar-refractivity contribution in [2.24, 2.45) is 5.41 Å². The number of carboxylic acid groups (broad SMARTS) is 1. The van der Waals surface area contributed by atoms with Crippen molar-refractivity contribution < 1.29 is 14.7 Å². The number of aryl methyl sites for hydroxylation is 1. The molecule has 1 amide bonds. The fourth-order valence-corrected chi connectivity index (χ4v) is 2.85. The number of nitrogens with one attached hydrogen (secondary N) is 1. The van der Waals surface area contributed by atoms with Crippen LogP contribution in [0.5, 0.6) is 0 Å². The molecule has 2 aromatic heterocycles. The molecule has 0 aromatic carbocycles. The van der Waals surface area contributed by atoms with Crippen molar-refractivity contribution >= 4 is 28.3 Å². The minimum absolute atomic E-state index is 0.0815. The highest BCUT2D eigenvalue weighted by atomic mass is 32.1. The Morgan fingerprint density at radius 3 is 2.67 bits per heavy atom. The molecule has 0 aliphatic heterocycles. The Kier molecular flexibility index (Phi) is 4.88. The van der Waals surface area contributed by atoms with Crippen LogP contribution in [0.4, 0.5) is 5.13 Å². The van der Waals surface area contributed by atoms with Gasteiger partial charge in [-0.3, -0.25) is 9.48 Å². The van der Waals surface area contributed by atoms with E-state index in [0.717, 1.165) is 4.88 Å². The van der Waals surface area contributed by atoms with E-state index in [1.165, 1.54) is 22.1 Å². The first-order valence-electron chi connectivity index (χ1n) is 7.34. The van der Waals surface area contributed by atoms with E-state index >= 15 is 0 Å². The molecule has 24 heavy (non-hydrogen) atoms. The number of carboxylic acids is 1. The van der Waals surface area contributed by atoms with Gasteiger partial charge in [0.15, 0.2) is 5.13 Å². The summed E-state index contributed by atoms with van der Waals surface area (Å²) in [4.78, 5) is 28.5. The maximum absolute atomic E-state index is 12.1. The second-order valence-corrected chi connectivity index (χ2v) is 7.33. The molecule has 0 aliphatic carbocycles. The number of hydrogen-bond donors (Lipinski definition) is 2. The van der Waals surface area contributed by atoms with Gasteiger partial charge in [-0.25, -0.2) is 9.78 Å². The molecule has 0 fully saturated rings. The maximum atomic E-state index is 12.1. The van der Waals surface area contributed by atoms with Crippen LogP contribution in [-0.2, 0) is 11.3 Å². The Bertz CT molecular complexity index is 799. The summed E-state index contributed by atoms with van der Waals surface area (Å²) < 4.78 is 1.37. The monoisotopic (exact) mass is 348 g/mol. The quantitative estimate of drug-likeness (QED) is 0.809. The molecule has 0 atom stereocenters. The van der Waals surface area contributed by atoms with Crippen molar-refractivity contribution in [2.75, 3.05) is 5.32 Å². The van der Waals surface area contributed by atoms with E-state index in [-0.39, 0.29) is 11.6 Å². The topological polar surface area (TPSA) is 97.1 Å². The van der Waals surface area contributed by atoms with E-state index < -0.39 is 11.4 Å². The zero-order chi connectivity index (χ0) is 18.1. The predicted molar refractivity (Wildman–Crippen MR) is 93.3 cm³/mol. The average molecular weight is 348 g/mol. The Balaban J connectivity index is 2.37. The molecule has 2 rings (SSSR count). The van der Waals surface area contributed by atoms with Crippen molar-refractivity contribution in [1.29, 1.82) is 0 Å². The largest absolute Gasteiger partial charge is 0.477 e. The van der Waals surface area contributed by atoms with E-state index in [4.69, 9.17) is 0 Å². The third-order valence-electron chi connectivity index (χ3n) is 3.23. The summed E-state index contributed by atoms with van der Waals surface area (Å²) in [5.74, 6) is -1.19. The first kappa shape index (κ1) is 17.9. The smallest absolute Gasteiger partial charge is 0.354 e. The number of rotatable bonds is 5. The number of aromatic carboxylic acids is 1. The standard InChI is InChI=1S/C16H20N4O3S/c1-6-7-20-11(13(21)22)8-10(19-20)12-9(2)17-15(24-12)18-14(23)16(3,4)5/h6,8H,1,7H2,2-5H3,(H,21,22)(H,17,18,23). The van der Waals surface area contributed by atoms with Crippen LogP contribution in [0.25, 0.3) is 10.6 Å². The van der Waals surface area contributed by atoms with E-state index in [2.05, 4.69) is 22.0 Å². The molecule has 0 saturated heterocycles. The first-order valence-corrected chi connectivity index (χ1v) is 8.16. The van der Waals surface area contributed by atoms with Gasteiger partial charge in [0.2, 0.25) is 5.91 Å². The van der Waals surface area contributed by atoms with Crippen LogP contribution in [0.3, 0.4) is 0 Å². The first-order chi connectivity index (χ1) is 11.1. The summed E-state index contributed by atoms with van der Waals surface area (Å²) in [6.45, 7) is 11.2. The van der Waals surface area contributed by atoms with Gasteiger partial charge in [0.25, 0.3) is 0 Å². The van der Waals surface area contributed by atoms with Gasteiger partial charge in [0, 0.05) is 5.41 Å². The molecule has 0 radical (unpaired) electrons. The van der Waals surface area contributed by atoms with Gasteiger partial charge in [-0.1, -0.05) is 38.2 Å². The number of allylic oxidation sites excluding steroid dienone is 1. The molecule has 7 nitrogen and oxygen atoms in total. The molecular weight excluding hydrogens is 328 g/mol. The molecular formula is C16H20N4O3S. The Hall–Kier alpha value is -2.48. The molecule has 0 bridgehead atoms. The second-order valence-electron chi connectivity index (χ2n) is 6.33. The number of aromatic nitrogens is 3. The summed E-state index contributed by atoms with van der Waals surface area (Å²) in [7, 11) is 0. The molecule has 0 aliphatic rings. The lowest BCUT2D eigenvalue weighted by Gasteiger charge is -2.15. The second kappa shape index (κ2) is 6.56. The van der Waals surface area contributed by atoms with Gasteiger partial charge in [-0.05, 0) is 13.0 Å². The Morgan fingerprint density at radius 2 is 2.12 bits per heavy atom. The molecule has 2 N–H and O–H groups in total. The third kappa shape index (κ3) is 3.70. The van der Waals surface area contributed by atoms with Crippen molar-refractivity contribution in [2.45, 2.75) is 34.2 Å². The van der Waals surface area contributed by atoms with Crippen LogP contribution >= 0.6 is 11.3 Å². The molecule has 0 spiro atoms. The number of carbonyl (C=O) groups excluding carboxylic acids is 1. The highest BCUT2D eigenvalue weighted by Crippen LogP contribution is 2.33. The Morgan fingerprint density at radius 1 is 1.46 bits per heavy atom. The van der Waals surface area contributed by atoms with Crippen molar-refractivity contribution in [1.82, 2.24) is 14.8 Å². The summed E-state index contributed by atoms with van der Waals surface area (Å²) in [6, 6.07) is 1.50. The fraction of sp³-hybridized carbons (Fsp3) is 0.375. The lowest BCUT2D eigenvalue weighted by atomic mass is 9.96. The average Bonchev–Trinajstić information content (AvgIpc) is 3.02. The van der Waals surface area contributed by atoms with E-state index in [1.807, 2.05) is 20.8 Å². The van der Waals surface area contributed by atoms with E-state index in [1.54, 1.807) is 13.0 Å². The van der Waals surface area contributed by atoms with Crippen molar-refractivity contribution in [3.05, 3.63) is 30.1 Å². The summed E-state index contributed by atoms with van der Waals surface area (Å²) in [5, 5.41) is 16.8. The number of anilines is 1. The van der Waals surface area contributed by atoms with Crippen LogP contribution in [0.15, 0.2) is 18.7 Å². The van der Waals surface area contributed by atoms with E-state index in [9.17, 15) is 14.7 Å². The van der Waals surface area contributed by atoms with Crippen molar-refractivity contribution in [3.8, 4) is 10.6 Å². The van der Waals surface area contributed by atoms with Crippen molar-refractivity contribution in [3.63, 3.8) is 0 Å². The third-order valence-corrected chi connectivity index (χ3v) is 4.33. The van der Waals surface area contributed by atoms with Gasteiger partial charge in [0.1, 0.15) is 11.4 Å². The predicted octanol–water partition coefficient (Wildman–Crippen LogP) is 3.18. The van der Waals surface area contributed by atoms with Gasteiger partial charge < -0.3 is 10.4 Å². The molecule has 128 valence electrons. The molecule has 2 aromatic rings. The van der Waals surface area contributed by atoms with Crippen LogP contribution in [0, 0.1) is 12.3 Å². The number of carbonyl (C=O) groups is 2. The van der Waals surface area contributed by atoms with E-state index in [0.29, 0.717) is 23.1 Å². The SMILES string of the molecule is C=CCn1nc(-c2sc(NC(=O)C(C)(C)C)nc2C)cc1C(=O)O. The summed E-state index contributed by atoms with van der Waals surface area (Å²) >= 11 is 1.27. The van der Waals surface area contributed by atoms with Gasteiger partial charge in [-0.15, -0.1) is 6.58 Å². The van der Waals surface area contributed by atoms with Gasteiger partial charge >= 0.3 is 5.97 Å². The Labute approximate surface area is 144 Å². The number of nitrogens with zero attached hydrogens (tertiary/aromatic N) is 3. The highest BCUT2D eigenvalue weighted by Gasteiger charge is 2.24. The molecule has 0 unspecified atom stereocenters. The normalized spacial score (nSPS) is 11.3. The number of hydrogen-bond acceptors (Lipinski definition) is 5. The molecule has 8 heteroatoms. The van der Waals surface area contributed by atoms with Crippen LogP contribution in [-0.4, -0.2) is 31.7 Å². The summed E-state index contributed by atoms with van der Waals surface area (Å²) in [6.07, 6.45) is 1.58. The minimum Gasteiger partial charge on any atom is -0.477 e. The summed E-state index contributed by atoms with van der Waals surface area (Å²) in [5.41, 5.74) is 0.754. The van der Waals surface area contributed by atoms with Gasteiger partial charge in [0.05, 0.1) is 17.1 Å². The molecule has 2 heterocycles.